The summed E-state index contributed by atoms with van der Waals surface area (Å²) in [5, 5.41) is 0. The van der Waals surface area contributed by atoms with Gasteiger partial charge in [0.2, 0.25) is 0 Å². The van der Waals surface area contributed by atoms with Crippen molar-refractivity contribution in [3.8, 4) is 0 Å². The molecule has 0 bridgehead atoms. The molecule has 29 heavy (non-hydrogen) atoms. The van der Waals surface area contributed by atoms with E-state index < -0.39 is 0 Å². The second-order valence-electron chi connectivity index (χ2n) is 6.96. The van der Waals surface area contributed by atoms with Crippen molar-refractivity contribution in [3.05, 3.63) is 77.5 Å². The molecule has 4 rings (SSSR count). The van der Waals surface area contributed by atoms with Gasteiger partial charge in [-0.1, -0.05) is 30.3 Å². The van der Waals surface area contributed by atoms with Crippen molar-refractivity contribution in [1.29, 1.82) is 0 Å². The number of aromatic nitrogens is 3. The molecule has 7 heteroatoms. The number of ketones is 1. The minimum absolute atomic E-state index is 0.156. The van der Waals surface area contributed by atoms with Crippen molar-refractivity contribution < 1.29 is 9.53 Å². The average Bonchev–Trinajstić information content (AvgIpc) is 2.77. The summed E-state index contributed by atoms with van der Waals surface area (Å²) < 4.78 is 5.43. The Kier molecular flexibility index (Phi) is 5.76. The second kappa shape index (κ2) is 8.79. The van der Waals surface area contributed by atoms with Gasteiger partial charge in [0.05, 0.1) is 25.1 Å². The number of rotatable bonds is 6. The molecule has 1 aliphatic heterocycles. The van der Waals surface area contributed by atoms with Crippen LogP contribution in [0.15, 0.2) is 55.0 Å². The molecular weight excluding hydrogens is 366 g/mol. The van der Waals surface area contributed by atoms with Gasteiger partial charge in [-0.25, -0.2) is 9.97 Å². The van der Waals surface area contributed by atoms with Gasteiger partial charge in [-0.3, -0.25) is 9.78 Å². The molecule has 1 fully saturated rings. The van der Waals surface area contributed by atoms with Gasteiger partial charge in [-0.05, 0) is 11.6 Å². The minimum Gasteiger partial charge on any atom is -0.382 e. The van der Waals surface area contributed by atoms with Gasteiger partial charge in [-0.15, -0.1) is 0 Å². The Bertz CT molecular complexity index is 988. The molecule has 2 N–H and O–H groups in total. The third kappa shape index (κ3) is 4.57. The second-order valence-corrected chi connectivity index (χ2v) is 6.96. The standard InChI is InChI=1S/C22H23N5O2/c23-22-21(26-18(15-25-22)12-16-4-2-1-3-5-16)20(28)13-17-14-24-7-6-19(17)27-8-10-29-11-9-27/h1-7,14-15H,8-13H2,(H2,23,25). The molecule has 1 aliphatic rings. The lowest BCUT2D eigenvalue weighted by atomic mass is 10.1. The maximum atomic E-state index is 13.0. The largest absolute Gasteiger partial charge is 0.382 e. The molecule has 0 radical (unpaired) electrons. The molecule has 0 unspecified atom stereocenters. The number of pyridine rings is 1. The van der Waals surface area contributed by atoms with E-state index in [2.05, 4.69) is 19.9 Å². The zero-order valence-corrected chi connectivity index (χ0v) is 16.1. The molecule has 148 valence electrons. The lowest BCUT2D eigenvalue weighted by Crippen LogP contribution is -2.37. The molecule has 2 aromatic heterocycles. The van der Waals surface area contributed by atoms with Crippen molar-refractivity contribution in [2.24, 2.45) is 0 Å². The molecule has 3 heterocycles. The van der Waals surface area contributed by atoms with Crippen LogP contribution < -0.4 is 10.6 Å². The maximum Gasteiger partial charge on any atom is 0.189 e. The fourth-order valence-corrected chi connectivity index (χ4v) is 3.46. The Morgan fingerprint density at radius 3 is 2.69 bits per heavy atom. The van der Waals surface area contributed by atoms with Crippen LogP contribution in [0.5, 0.6) is 0 Å². The van der Waals surface area contributed by atoms with Crippen LogP contribution >= 0.6 is 0 Å². The van der Waals surface area contributed by atoms with Gasteiger partial charge in [0.1, 0.15) is 5.69 Å². The van der Waals surface area contributed by atoms with Crippen molar-refractivity contribution in [2.75, 3.05) is 36.9 Å². The van der Waals surface area contributed by atoms with Gasteiger partial charge in [0.15, 0.2) is 11.6 Å². The summed E-state index contributed by atoms with van der Waals surface area (Å²) >= 11 is 0. The van der Waals surface area contributed by atoms with Gasteiger partial charge in [0.25, 0.3) is 0 Å². The molecular formula is C22H23N5O2. The van der Waals surface area contributed by atoms with Gasteiger partial charge in [0, 0.05) is 49.6 Å². The number of hydrogen-bond donors (Lipinski definition) is 1. The molecule has 0 spiro atoms. The van der Waals surface area contributed by atoms with E-state index >= 15 is 0 Å². The zero-order valence-electron chi connectivity index (χ0n) is 16.1. The van der Waals surface area contributed by atoms with E-state index in [9.17, 15) is 4.79 Å². The smallest absolute Gasteiger partial charge is 0.189 e. The molecule has 0 aliphatic carbocycles. The van der Waals surface area contributed by atoms with Crippen molar-refractivity contribution in [3.63, 3.8) is 0 Å². The summed E-state index contributed by atoms with van der Waals surface area (Å²) in [5.74, 6) is -0.00366. The van der Waals surface area contributed by atoms with Crippen LogP contribution in [0.1, 0.15) is 27.3 Å². The predicted octanol–water partition coefficient (Wildman–Crippen LogP) is 2.31. The Balaban J connectivity index is 1.55. The van der Waals surface area contributed by atoms with E-state index in [-0.39, 0.29) is 23.7 Å². The Morgan fingerprint density at radius 1 is 1.10 bits per heavy atom. The van der Waals surface area contributed by atoms with E-state index in [4.69, 9.17) is 10.5 Å². The first-order valence-corrected chi connectivity index (χ1v) is 9.65. The number of nitrogens with zero attached hydrogens (tertiary/aromatic N) is 4. The highest BCUT2D eigenvalue weighted by Gasteiger charge is 2.20. The average molecular weight is 389 g/mol. The first-order chi connectivity index (χ1) is 14.2. The molecule has 1 aromatic carbocycles. The highest BCUT2D eigenvalue weighted by atomic mass is 16.5. The number of ether oxygens (including phenoxy) is 1. The summed E-state index contributed by atoms with van der Waals surface area (Å²) in [6.45, 7) is 2.94. The van der Waals surface area contributed by atoms with E-state index in [1.54, 1.807) is 18.6 Å². The third-order valence-electron chi connectivity index (χ3n) is 4.92. The molecule has 1 saturated heterocycles. The predicted molar refractivity (Wildman–Crippen MR) is 111 cm³/mol. The molecule has 0 amide bonds. The number of benzene rings is 1. The maximum absolute atomic E-state index is 13.0. The van der Waals surface area contributed by atoms with Crippen molar-refractivity contribution in [2.45, 2.75) is 12.8 Å². The van der Waals surface area contributed by atoms with E-state index in [1.807, 2.05) is 36.4 Å². The normalized spacial score (nSPS) is 14.0. The van der Waals surface area contributed by atoms with Gasteiger partial charge < -0.3 is 15.4 Å². The summed E-state index contributed by atoms with van der Waals surface area (Å²) in [4.78, 5) is 28.2. The first kappa shape index (κ1) is 19.0. The number of nitrogen functional groups attached to an aromatic ring is 1. The lowest BCUT2D eigenvalue weighted by Gasteiger charge is -2.30. The molecule has 0 saturated carbocycles. The number of anilines is 2. The number of carbonyl (C=O) groups excluding carboxylic acids is 1. The summed E-state index contributed by atoms with van der Waals surface area (Å²) in [5.41, 5.74) is 9.88. The highest BCUT2D eigenvalue weighted by Crippen LogP contribution is 2.23. The topological polar surface area (TPSA) is 94.2 Å². The van der Waals surface area contributed by atoms with Crippen LogP contribution in [0.25, 0.3) is 0 Å². The van der Waals surface area contributed by atoms with Gasteiger partial charge >= 0.3 is 0 Å². The Morgan fingerprint density at radius 2 is 1.90 bits per heavy atom. The van der Waals surface area contributed by atoms with Crippen LogP contribution in [0, 0.1) is 0 Å². The Labute approximate surface area is 169 Å². The van der Waals surface area contributed by atoms with Crippen LogP contribution in [0.2, 0.25) is 0 Å². The fraction of sp³-hybridized carbons (Fsp3) is 0.273. The SMILES string of the molecule is Nc1ncc(Cc2ccccc2)nc1C(=O)Cc1cnccc1N1CCOCC1. The molecule has 3 aromatic rings. The van der Waals surface area contributed by atoms with Crippen molar-refractivity contribution >= 4 is 17.3 Å². The van der Waals surface area contributed by atoms with Crippen LogP contribution in [-0.2, 0) is 17.6 Å². The van der Waals surface area contributed by atoms with Crippen LogP contribution in [-0.4, -0.2) is 47.0 Å². The Hall–Kier alpha value is -3.32. The number of carbonyl (C=O) groups is 1. The molecule has 0 atom stereocenters. The summed E-state index contributed by atoms with van der Waals surface area (Å²) in [6, 6.07) is 11.9. The van der Waals surface area contributed by atoms with Crippen molar-refractivity contribution in [1.82, 2.24) is 15.0 Å². The number of Topliss-reactive ketones (excluding diaryl/α,β-unsaturated/α-hetero) is 1. The molecule has 7 nitrogen and oxygen atoms in total. The van der Waals surface area contributed by atoms with E-state index in [1.165, 1.54) is 0 Å². The van der Waals surface area contributed by atoms with E-state index in [0.717, 1.165) is 29.9 Å². The first-order valence-electron chi connectivity index (χ1n) is 9.65. The van der Waals surface area contributed by atoms with Crippen LogP contribution in [0.4, 0.5) is 11.5 Å². The highest BCUT2D eigenvalue weighted by molar-refractivity contribution is 6.00. The van der Waals surface area contributed by atoms with Gasteiger partial charge in [-0.2, -0.15) is 0 Å². The number of hydrogen-bond acceptors (Lipinski definition) is 7. The summed E-state index contributed by atoms with van der Waals surface area (Å²) in [7, 11) is 0. The lowest BCUT2D eigenvalue weighted by molar-refractivity contribution is 0.0988. The minimum atomic E-state index is -0.160. The zero-order chi connectivity index (χ0) is 20.1. The van der Waals surface area contributed by atoms with E-state index in [0.29, 0.717) is 25.3 Å². The fourth-order valence-electron chi connectivity index (χ4n) is 3.46. The quantitative estimate of drug-likeness (QED) is 0.647. The van der Waals surface area contributed by atoms with Crippen LogP contribution in [0.3, 0.4) is 0 Å². The number of nitrogens with two attached hydrogens (primary N) is 1. The third-order valence-corrected chi connectivity index (χ3v) is 4.92. The monoisotopic (exact) mass is 389 g/mol. The summed E-state index contributed by atoms with van der Waals surface area (Å²) in [6.07, 6.45) is 5.88. The number of morpholine rings is 1.